The molecular formula is C18H15N3O4. The van der Waals surface area contributed by atoms with Crippen molar-refractivity contribution in [2.24, 2.45) is 5.92 Å². The second-order valence-corrected chi connectivity index (χ2v) is 5.99. The highest BCUT2D eigenvalue weighted by molar-refractivity contribution is 6.09. The molecule has 0 radical (unpaired) electrons. The smallest absolute Gasteiger partial charge is 0.269 e. The number of anilines is 1. The van der Waals surface area contributed by atoms with E-state index < -0.39 is 10.8 Å². The average Bonchev–Trinajstić information content (AvgIpc) is 3.14. The van der Waals surface area contributed by atoms with Gasteiger partial charge in [0.2, 0.25) is 0 Å². The van der Waals surface area contributed by atoms with Crippen LogP contribution >= 0.6 is 0 Å². The lowest BCUT2D eigenvalue weighted by Crippen LogP contribution is -2.13. The Morgan fingerprint density at radius 1 is 1.36 bits per heavy atom. The van der Waals surface area contributed by atoms with Gasteiger partial charge in [-0.15, -0.1) is 0 Å². The number of nitriles is 1. The number of benzene rings is 1. The summed E-state index contributed by atoms with van der Waals surface area (Å²) < 4.78 is 5.67. The molecule has 0 aliphatic heterocycles. The van der Waals surface area contributed by atoms with Crippen molar-refractivity contribution in [3.63, 3.8) is 0 Å². The maximum Gasteiger partial charge on any atom is 0.269 e. The molecule has 3 rings (SSSR count). The van der Waals surface area contributed by atoms with E-state index >= 15 is 0 Å². The Bertz CT molecular complexity index is 890. The standard InChI is InChI=1S/C18H15N3O4/c1-11-8-16(11)17-7-6-15(25-17)9-12(10-19)18(22)20-13-2-4-14(5-3-13)21(23)24/h2-7,9,11,16H,8H2,1H3,(H,20,22). The first kappa shape index (κ1) is 16.5. The lowest BCUT2D eigenvalue weighted by molar-refractivity contribution is -0.384. The summed E-state index contributed by atoms with van der Waals surface area (Å²) >= 11 is 0. The van der Waals surface area contributed by atoms with Gasteiger partial charge < -0.3 is 9.73 Å². The van der Waals surface area contributed by atoms with Crippen LogP contribution in [-0.4, -0.2) is 10.8 Å². The number of rotatable bonds is 5. The van der Waals surface area contributed by atoms with Crippen LogP contribution in [0.2, 0.25) is 0 Å². The SMILES string of the molecule is CC1CC1c1ccc(C=C(C#N)C(=O)Nc2ccc([N+](=O)[O-])cc2)o1. The Balaban J connectivity index is 1.71. The van der Waals surface area contributed by atoms with Gasteiger partial charge in [-0.2, -0.15) is 5.26 Å². The number of hydrogen-bond acceptors (Lipinski definition) is 5. The number of non-ortho nitro benzene ring substituents is 1. The first-order valence-corrected chi connectivity index (χ1v) is 7.75. The molecule has 1 aromatic carbocycles. The fourth-order valence-electron chi connectivity index (χ4n) is 2.52. The minimum Gasteiger partial charge on any atom is -0.461 e. The van der Waals surface area contributed by atoms with Crippen molar-refractivity contribution in [1.82, 2.24) is 0 Å². The van der Waals surface area contributed by atoms with Crippen molar-refractivity contribution in [1.29, 1.82) is 5.26 Å². The van der Waals surface area contributed by atoms with E-state index in [0.717, 1.165) is 12.2 Å². The monoisotopic (exact) mass is 337 g/mol. The Labute approximate surface area is 143 Å². The summed E-state index contributed by atoms with van der Waals surface area (Å²) in [5, 5.41) is 22.4. The normalized spacial score (nSPS) is 19.1. The maximum absolute atomic E-state index is 12.2. The molecule has 2 aromatic rings. The lowest BCUT2D eigenvalue weighted by atomic mass is 10.2. The molecular weight excluding hydrogens is 322 g/mol. The van der Waals surface area contributed by atoms with Gasteiger partial charge in [-0.05, 0) is 36.6 Å². The molecule has 1 N–H and O–H groups in total. The third-order valence-corrected chi connectivity index (χ3v) is 4.11. The maximum atomic E-state index is 12.2. The number of carbonyl (C=O) groups excluding carboxylic acids is 1. The zero-order valence-corrected chi connectivity index (χ0v) is 13.4. The van der Waals surface area contributed by atoms with E-state index in [1.54, 1.807) is 6.07 Å². The molecule has 2 unspecified atom stereocenters. The highest BCUT2D eigenvalue weighted by atomic mass is 16.6. The summed E-state index contributed by atoms with van der Waals surface area (Å²) in [6.07, 6.45) is 2.47. The van der Waals surface area contributed by atoms with Crippen LogP contribution < -0.4 is 5.32 Å². The van der Waals surface area contributed by atoms with Crippen LogP contribution in [0.15, 0.2) is 46.4 Å². The molecule has 7 nitrogen and oxygen atoms in total. The van der Waals surface area contributed by atoms with Gasteiger partial charge >= 0.3 is 0 Å². The van der Waals surface area contributed by atoms with Crippen LogP contribution in [0.25, 0.3) is 6.08 Å². The summed E-state index contributed by atoms with van der Waals surface area (Å²) in [5.41, 5.74) is 0.179. The third kappa shape index (κ3) is 3.75. The summed E-state index contributed by atoms with van der Waals surface area (Å²) in [4.78, 5) is 22.3. The molecule has 1 heterocycles. The number of carbonyl (C=O) groups is 1. The molecule has 1 aromatic heterocycles. The van der Waals surface area contributed by atoms with E-state index in [0.29, 0.717) is 23.3 Å². The van der Waals surface area contributed by atoms with E-state index in [1.165, 1.54) is 30.3 Å². The number of hydrogen-bond donors (Lipinski definition) is 1. The molecule has 0 spiro atoms. The van der Waals surface area contributed by atoms with Gasteiger partial charge in [-0.3, -0.25) is 14.9 Å². The van der Waals surface area contributed by atoms with Crippen LogP contribution in [-0.2, 0) is 4.79 Å². The zero-order valence-electron chi connectivity index (χ0n) is 13.4. The van der Waals surface area contributed by atoms with E-state index in [4.69, 9.17) is 4.42 Å². The van der Waals surface area contributed by atoms with Gasteiger partial charge in [0.15, 0.2) is 0 Å². The average molecular weight is 337 g/mol. The number of amides is 1. The predicted octanol–water partition coefficient (Wildman–Crippen LogP) is 3.86. The third-order valence-electron chi connectivity index (χ3n) is 4.11. The van der Waals surface area contributed by atoms with Crippen molar-refractivity contribution in [2.75, 3.05) is 5.32 Å². The molecule has 0 bridgehead atoms. The Hall–Kier alpha value is -3.40. The minimum atomic E-state index is -0.603. The predicted molar refractivity (Wildman–Crippen MR) is 90.5 cm³/mol. The quantitative estimate of drug-likeness (QED) is 0.385. The highest BCUT2D eigenvalue weighted by Gasteiger charge is 2.36. The molecule has 1 amide bonds. The van der Waals surface area contributed by atoms with Crippen LogP contribution in [0.5, 0.6) is 0 Å². The van der Waals surface area contributed by atoms with Crippen molar-refractivity contribution >= 4 is 23.4 Å². The fourth-order valence-corrected chi connectivity index (χ4v) is 2.52. The van der Waals surface area contributed by atoms with Gasteiger partial charge in [0, 0.05) is 29.8 Å². The number of nitro benzene ring substituents is 1. The van der Waals surface area contributed by atoms with Gasteiger partial charge in [-0.25, -0.2) is 0 Å². The first-order chi connectivity index (χ1) is 12.0. The van der Waals surface area contributed by atoms with Crippen LogP contribution in [0.3, 0.4) is 0 Å². The van der Waals surface area contributed by atoms with Crippen molar-refractivity contribution < 1.29 is 14.1 Å². The summed E-state index contributed by atoms with van der Waals surface area (Å²) in [5.74, 6) is 1.73. The summed E-state index contributed by atoms with van der Waals surface area (Å²) in [6, 6.07) is 10.8. The second kappa shape index (κ2) is 6.61. The Morgan fingerprint density at radius 3 is 2.60 bits per heavy atom. The van der Waals surface area contributed by atoms with Crippen molar-refractivity contribution in [3.8, 4) is 6.07 Å². The number of nitro groups is 1. The molecule has 126 valence electrons. The highest BCUT2D eigenvalue weighted by Crippen LogP contribution is 2.47. The molecule has 7 heteroatoms. The minimum absolute atomic E-state index is 0.0773. The van der Waals surface area contributed by atoms with Gasteiger partial charge in [0.1, 0.15) is 23.2 Å². The number of nitrogens with one attached hydrogen (secondary N) is 1. The Morgan fingerprint density at radius 2 is 2.04 bits per heavy atom. The van der Waals surface area contributed by atoms with Crippen molar-refractivity contribution in [2.45, 2.75) is 19.3 Å². The van der Waals surface area contributed by atoms with Gasteiger partial charge in [0.25, 0.3) is 11.6 Å². The molecule has 0 saturated heterocycles. The van der Waals surface area contributed by atoms with Gasteiger partial charge in [-0.1, -0.05) is 6.92 Å². The van der Waals surface area contributed by atoms with Crippen LogP contribution in [0.4, 0.5) is 11.4 Å². The molecule has 1 fully saturated rings. The first-order valence-electron chi connectivity index (χ1n) is 7.75. The van der Waals surface area contributed by atoms with E-state index in [1.807, 2.05) is 12.1 Å². The topological polar surface area (TPSA) is 109 Å². The van der Waals surface area contributed by atoms with Crippen LogP contribution in [0, 0.1) is 27.4 Å². The van der Waals surface area contributed by atoms with E-state index in [-0.39, 0.29) is 11.3 Å². The molecule has 1 aliphatic carbocycles. The molecule has 25 heavy (non-hydrogen) atoms. The fraction of sp³-hybridized carbons (Fsp3) is 0.222. The number of furan rings is 1. The van der Waals surface area contributed by atoms with E-state index in [2.05, 4.69) is 12.2 Å². The molecule has 2 atom stereocenters. The molecule has 1 aliphatic rings. The summed E-state index contributed by atoms with van der Waals surface area (Å²) in [7, 11) is 0. The molecule has 1 saturated carbocycles. The van der Waals surface area contributed by atoms with Gasteiger partial charge in [0.05, 0.1) is 4.92 Å². The zero-order chi connectivity index (χ0) is 18.0. The number of nitrogens with zero attached hydrogens (tertiary/aromatic N) is 2. The van der Waals surface area contributed by atoms with E-state index in [9.17, 15) is 20.2 Å². The van der Waals surface area contributed by atoms with Crippen LogP contribution in [0.1, 0.15) is 30.8 Å². The second-order valence-electron chi connectivity index (χ2n) is 5.99. The van der Waals surface area contributed by atoms with Crippen molar-refractivity contribution in [3.05, 3.63) is 63.6 Å². The Kier molecular flexibility index (Phi) is 4.35. The lowest BCUT2D eigenvalue weighted by Gasteiger charge is -2.03. The largest absolute Gasteiger partial charge is 0.461 e. The summed E-state index contributed by atoms with van der Waals surface area (Å²) in [6.45, 7) is 2.14.